The van der Waals surface area contributed by atoms with Crippen molar-refractivity contribution in [3.05, 3.63) is 36.4 Å². The van der Waals surface area contributed by atoms with Gasteiger partial charge in [-0.3, -0.25) is 4.79 Å². The van der Waals surface area contributed by atoms with Gasteiger partial charge in [-0.05, 0) is 31.4 Å². The van der Waals surface area contributed by atoms with Crippen LogP contribution in [0.15, 0.2) is 36.4 Å². The molecular formula is C14H14N2OS. The third kappa shape index (κ3) is 2.29. The summed E-state index contributed by atoms with van der Waals surface area (Å²) in [6, 6.07) is 7.93. The molecule has 1 N–H and O–H groups in total. The molecule has 0 saturated heterocycles. The lowest BCUT2D eigenvalue weighted by Crippen LogP contribution is -2.23. The molecular weight excluding hydrogens is 244 g/mol. The first kappa shape index (κ1) is 11.4. The molecule has 0 bridgehead atoms. The summed E-state index contributed by atoms with van der Waals surface area (Å²) in [6.07, 6.45) is 7.01. The monoisotopic (exact) mass is 258 g/mol. The molecule has 1 amide bonds. The van der Waals surface area contributed by atoms with Crippen molar-refractivity contribution in [2.24, 2.45) is 5.92 Å². The maximum absolute atomic E-state index is 12.1. The van der Waals surface area contributed by atoms with E-state index in [0.29, 0.717) is 5.13 Å². The van der Waals surface area contributed by atoms with Crippen molar-refractivity contribution in [2.75, 3.05) is 5.32 Å². The first-order chi connectivity index (χ1) is 8.83. The highest BCUT2D eigenvalue weighted by molar-refractivity contribution is 7.22. The van der Waals surface area contributed by atoms with Crippen LogP contribution in [0.25, 0.3) is 10.2 Å². The van der Waals surface area contributed by atoms with E-state index in [1.54, 1.807) is 0 Å². The summed E-state index contributed by atoms with van der Waals surface area (Å²) in [6.45, 7) is 0. The molecule has 0 saturated carbocycles. The van der Waals surface area contributed by atoms with Crippen molar-refractivity contribution in [1.29, 1.82) is 0 Å². The van der Waals surface area contributed by atoms with Crippen molar-refractivity contribution in [3.8, 4) is 0 Å². The van der Waals surface area contributed by atoms with Gasteiger partial charge >= 0.3 is 0 Å². The van der Waals surface area contributed by atoms with Crippen LogP contribution in [0.1, 0.15) is 19.3 Å². The van der Waals surface area contributed by atoms with Gasteiger partial charge in [-0.1, -0.05) is 35.6 Å². The molecule has 1 aromatic heterocycles. The summed E-state index contributed by atoms with van der Waals surface area (Å²) in [5, 5.41) is 3.64. The van der Waals surface area contributed by atoms with Crippen LogP contribution in [0, 0.1) is 5.92 Å². The molecule has 1 unspecified atom stereocenters. The lowest BCUT2D eigenvalue weighted by Gasteiger charge is -2.15. The van der Waals surface area contributed by atoms with Gasteiger partial charge in [0.2, 0.25) is 5.91 Å². The number of fused-ring (bicyclic) bond motifs is 1. The zero-order valence-electron chi connectivity index (χ0n) is 9.93. The molecule has 1 aromatic carbocycles. The molecule has 0 radical (unpaired) electrons. The van der Waals surface area contributed by atoms with E-state index in [9.17, 15) is 4.79 Å². The minimum atomic E-state index is 0.0957. The number of thiazole rings is 1. The molecule has 92 valence electrons. The molecule has 3 rings (SSSR count). The maximum Gasteiger partial charge on any atom is 0.229 e. The highest BCUT2D eigenvalue weighted by Gasteiger charge is 2.19. The highest BCUT2D eigenvalue weighted by atomic mass is 32.1. The summed E-state index contributed by atoms with van der Waals surface area (Å²) in [5.41, 5.74) is 0.946. The number of carbonyl (C=O) groups excluding carboxylic acids is 1. The van der Waals surface area contributed by atoms with Gasteiger partial charge in [0.25, 0.3) is 0 Å². The average Bonchev–Trinajstić information content (AvgIpc) is 2.82. The Morgan fingerprint density at radius 2 is 2.22 bits per heavy atom. The summed E-state index contributed by atoms with van der Waals surface area (Å²) >= 11 is 1.53. The molecule has 0 fully saturated rings. The molecule has 0 spiro atoms. The molecule has 1 atom stereocenters. The number of benzene rings is 1. The molecule has 0 aliphatic heterocycles. The van der Waals surface area contributed by atoms with E-state index in [1.165, 1.54) is 11.3 Å². The molecule has 2 aromatic rings. The van der Waals surface area contributed by atoms with E-state index < -0.39 is 0 Å². The Hall–Kier alpha value is -1.68. The second kappa shape index (κ2) is 4.90. The van der Waals surface area contributed by atoms with E-state index in [1.807, 2.05) is 24.3 Å². The normalized spacial score (nSPS) is 19.0. The quantitative estimate of drug-likeness (QED) is 0.836. The van der Waals surface area contributed by atoms with Crippen LogP contribution >= 0.6 is 11.3 Å². The Morgan fingerprint density at radius 1 is 1.33 bits per heavy atom. The fourth-order valence-electron chi connectivity index (χ4n) is 2.16. The Kier molecular flexibility index (Phi) is 3.11. The molecule has 4 heteroatoms. The number of amides is 1. The Balaban J connectivity index is 1.75. The molecule has 1 aliphatic carbocycles. The Labute approximate surface area is 110 Å². The molecule has 3 nitrogen and oxygen atoms in total. The lowest BCUT2D eigenvalue weighted by molar-refractivity contribution is -0.120. The Bertz CT molecular complexity index is 570. The molecule has 1 aliphatic rings. The third-order valence-electron chi connectivity index (χ3n) is 3.16. The minimum Gasteiger partial charge on any atom is -0.302 e. The van der Waals surface area contributed by atoms with Crippen molar-refractivity contribution < 1.29 is 4.79 Å². The standard InChI is InChI=1S/C14H14N2OS/c17-13(10-6-2-1-3-7-10)16-14-15-11-8-4-5-9-12(11)18-14/h1-2,4-5,8-10H,3,6-7H2,(H,15,16,17). The number of anilines is 1. The van der Waals surface area contributed by atoms with Gasteiger partial charge in [0.05, 0.1) is 10.2 Å². The Morgan fingerprint density at radius 3 is 3.00 bits per heavy atom. The van der Waals surface area contributed by atoms with E-state index in [0.717, 1.165) is 29.5 Å². The van der Waals surface area contributed by atoms with Crippen LogP contribution in [-0.4, -0.2) is 10.9 Å². The van der Waals surface area contributed by atoms with E-state index in [2.05, 4.69) is 22.5 Å². The first-order valence-corrected chi connectivity index (χ1v) is 6.96. The summed E-state index contributed by atoms with van der Waals surface area (Å²) in [4.78, 5) is 16.5. The van der Waals surface area contributed by atoms with Crippen LogP contribution in [-0.2, 0) is 4.79 Å². The predicted octanol–water partition coefficient (Wildman–Crippen LogP) is 3.59. The number of para-hydroxylation sites is 1. The fourth-order valence-corrected chi connectivity index (χ4v) is 3.03. The number of aromatic nitrogens is 1. The number of hydrogen-bond donors (Lipinski definition) is 1. The third-order valence-corrected chi connectivity index (χ3v) is 4.12. The van der Waals surface area contributed by atoms with Gasteiger partial charge in [-0.25, -0.2) is 4.98 Å². The van der Waals surface area contributed by atoms with Crippen LogP contribution in [0.3, 0.4) is 0 Å². The van der Waals surface area contributed by atoms with Gasteiger partial charge < -0.3 is 5.32 Å². The number of hydrogen-bond acceptors (Lipinski definition) is 3. The van der Waals surface area contributed by atoms with Crippen molar-refractivity contribution in [3.63, 3.8) is 0 Å². The van der Waals surface area contributed by atoms with Crippen LogP contribution in [0.5, 0.6) is 0 Å². The second-order valence-electron chi connectivity index (χ2n) is 4.46. The summed E-state index contributed by atoms with van der Waals surface area (Å²) in [7, 11) is 0. The van der Waals surface area contributed by atoms with Crippen molar-refractivity contribution in [1.82, 2.24) is 4.98 Å². The number of carbonyl (C=O) groups is 1. The second-order valence-corrected chi connectivity index (χ2v) is 5.49. The SMILES string of the molecule is O=C(Nc1nc2ccccc2s1)C1CC=CCC1. The van der Waals surface area contributed by atoms with Gasteiger partial charge in [0, 0.05) is 5.92 Å². The number of nitrogens with one attached hydrogen (secondary N) is 1. The summed E-state index contributed by atoms with van der Waals surface area (Å²) in [5.74, 6) is 0.195. The minimum absolute atomic E-state index is 0.0957. The summed E-state index contributed by atoms with van der Waals surface area (Å²) < 4.78 is 1.11. The number of rotatable bonds is 2. The molecule has 1 heterocycles. The van der Waals surface area contributed by atoms with Crippen LogP contribution in [0.4, 0.5) is 5.13 Å². The van der Waals surface area contributed by atoms with E-state index in [4.69, 9.17) is 0 Å². The molecule has 18 heavy (non-hydrogen) atoms. The zero-order valence-corrected chi connectivity index (χ0v) is 10.7. The largest absolute Gasteiger partial charge is 0.302 e. The van der Waals surface area contributed by atoms with Gasteiger partial charge in [0.1, 0.15) is 0 Å². The predicted molar refractivity (Wildman–Crippen MR) is 74.7 cm³/mol. The number of allylic oxidation sites excluding steroid dienone is 2. The van der Waals surface area contributed by atoms with Gasteiger partial charge in [-0.2, -0.15) is 0 Å². The van der Waals surface area contributed by atoms with Crippen LogP contribution in [0.2, 0.25) is 0 Å². The number of nitrogens with zero attached hydrogens (tertiary/aromatic N) is 1. The average molecular weight is 258 g/mol. The van der Waals surface area contributed by atoms with E-state index in [-0.39, 0.29) is 11.8 Å². The fraction of sp³-hybridized carbons (Fsp3) is 0.286. The van der Waals surface area contributed by atoms with Crippen molar-refractivity contribution in [2.45, 2.75) is 19.3 Å². The zero-order chi connectivity index (χ0) is 12.4. The lowest BCUT2D eigenvalue weighted by atomic mass is 9.94. The van der Waals surface area contributed by atoms with E-state index >= 15 is 0 Å². The van der Waals surface area contributed by atoms with Gasteiger partial charge in [0.15, 0.2) is 5.13 Å². The first-order valence-electron chi connectivity index (χ1n) is 6.14. The highest BCUT2D eigenvalue weighted by Crippen LogP contribution is 2.27. The van der Waals surface area contributed by atoms with Gasteiger partial charge in [-0.15, -0.1) is 0 Å². The topological polar surface area (TPSA) is 42.0 Å². The van der Waals surface area contributed by atoms with Crippen molar-refractivity contribution >= 4 is 32.6 Å². The maximum atomic E-state index is 12.1. The smallest absolute Gasteiger partial charge is 0.229 e. The van der Waals surface area contributed by atoms with Crippen LogP contribution < -0.4 is 5.32 Å².